The quantitative estimate of drug-likeness (QED) is 0.781. The van der Waals surface area contributed by atoms with Crippen LogP contribution < -0.4 is 11.1 Å². The van der Waals surface area contributed by atoms with Crippen molar-refractivity contribution >= 4 is 33.5 Å². The first kappa shape index (κ1) is 9.91. The van der Waals surface area contributed by atoms with Gasteiger partial charge in [-0.3, -0.25) is 0 Å². The Morgan fingerprint density at radius 1 is 1.40 bits per heavy atom. The van der Waals surface area contributed by atoms with Crippen LogP contribution in [0.5, 0.6) is 0 Å². The molecule has 0 atom stereocenters. The van der Waals surface area contributed by atoms with Gasteiger partial charge < -0.3 is 11.1 Å². The lowest BCUT2D eigenvalue weighted by Gasteiger charge is -2.02. The summed E-state index contributed by atoms with van der Waals surface area (Å²) in [6.45, 7) is 0. The number of hydrogen-bond acceptors (Lipinski definition) is 4. The maximum absolute atomic E-state index is 13.0. The summed E-state index contributed by atoms with van der Waals surface area (Å²) in [5.74, 6) is 0.147. The summed E-state index contributed by atoms with van der Waals surface area (Å²) >= 11 is 3.18. The summed E-state index contributed by atoms with van der Waals surface area (Å²) in [4.78, 5) is 3.83. The number of benzene rings is 1. The van der Waals surface area contributed by atoms with E-state index in [1.807, 2.05) is 0 Å². The van der Waals surface area contributed by atoms with Crippen LogP contribution in [0.4, 0.5) is 22.0 Å². The second-order valence-corrected chi connectivity index (χ2v) is 3.74. The Hall–Kier alpha value is -1.63. The van der Waals surface area contributed by atoms with Gasteiger partial charge in [-0.15, -0.1) is 5.10 Å². The molecule has 0 radical (unpaired) electrons. The fraction of sp³-hybridized carbons (Fsp3) is 0. The Balaban J connectivity index is 2.24. The Kier molecular flexibility index (Phi) is 2.55. The number of rotatable bonds is 2. The number of aromatic nitrogens is 3. The monoisotopic (exact) mass is 271 g/mol. The summed E-state index contributed by atoms with van der Waals surface area (Å²) in [6, 6.07) is 4.39. The second kappa shape index (κ2) is 3.85. The Bertz CT molecular complexity index is 463. The number of nitrogen functional groups attached to an aromatic ring is 1. The summed E-state index contributed by atoms with van der Waals surface area (Å²) in [7, 11) is 0. The highest BCUT2D eigenvalue weighted by atomic mass is 79.9. The van der Waals surface area contributed by atoms with Crippen molar-refractivity contribution in [3.63, 3.8) is 0 Å². The van der Waals surface area contributed by atoms with Crippen molar-refractivity contribution in [3.8, 4) is 0 Å². The van der Waals surface area contributed by atoms with Crippen LogP contribution in [0.3, 0.4) is 0 Å². The molecule has 1 aromatic carbocycles. The molecule has 78 valence electrons. The maximum atomic E-state index is 13.0. The third-order valence-electron chi connectivity index (χ3n) is 1.62. The molecular weight excluding hydrogens is 265 g/mol. The predicted molar refractivity (Wildman–Crippen MR) is 58.2 cm³/mol. The number of H-pyrrole nitrogens is 1. The molecule has 0 aliphatic heterocycles. The molecule has 0 fully saturated rings. The molecule has 0 amide bonds. The largest absolute Gasteiger partial charge is 0.368 e. The topological polar surface area (TPSA) is 79.6 Å². The van der Waals surface area contributed by atoms with Gasteiger partial charge >= 0.3 is 0 Å². The van der Waals surface area contributed by atoms with Crippen molar-refractivity contribution in [1.29, 1.82) is 0 Å². The molecule has 15 heavy (non-hydrogen) atoms. The van der Waals surface area contributed by atoms with Gasteiger partial charge in [0.15, 0.2) is 0 Å². The number of aromatic amines is 1. The number of nitrogens with two attached hydrogens (primary N) is 1. The van der Waals surface area contributed by atoms with Crippen LogP contribution >= 0.6 is 15.9 Å². The lowest BCUT2D eigenvalue weighted by Crippen LogP contribution is -1.93. The molecule has 0 aliphatic rings. The molecule has 1 heterocycles. The van der Waals surface area contributed by atoms with Crippen molar-refractivity contribution in [1.82, 2.24) is 15.2 Å². The third kappa shape index (κ3) is 2.44. The van der Waals surface area contributed by atoms with Gasteiger partial charge in [-0.25, -0.2) is 9.49 Å². The summed E-state index contributed by atoms with van der Waals surface area (Å²) < 4.78 is 13.6. The van der Waals surface area contributed by atoms with Crippen LogP contribution in [-0.4, -0.2) is 15.2 Å². The van der Waals surface area contributed by atoms with Gasteiger partial charge in [0.2, 0.25) is 11.9 Å². The van der Waals surface area contributed by atoms with Crippen molar-refractivity contribution in [3.05, 3.63) is 28.5 Å². The van der Waals surface area contributed by atoms with Crippen molar-refractivity contribution in [2.45, 2.75) is 0 Å². The predicted octanol–water partition coefficient (Wildman–Crippen LogP) is 2.03. The fourth-order valence-corrected chi connectivity index (χ4v) is 1.55. The first-order valence-electron chi connectivity index (χ1n) is 4.04. The van der Waals surface area contributed by atoms with Crippen molar-refractivity contribution in [2.75, 3.05) is 11.1 Å². The molecule has 0 spiro atoms. The molecule has 0 bridgehead atoms. The molecule has 2 aromatic rings. The van der Waals surface area contributed by atoms with Gasteiger partial charge in [0.25, 0.3) is 0 Å². The second-order valence-electron chi connectivity index (χ2n) is 2.83. The Morgan fingerprint density at radius 3 is 2.80 bits per heavy atom. The minimum Gasteiger partial charge on any atom is -0.368 e. The van der Waals surface area contributed by atoms with Crippen LogP contribution in [0.15, 0.2) is 22.7 Å². The van der Waals surface area contributed by atoms with Crippen LogP contribution in [0.1, 0.15) is 0 Å². The highest BCUT2D eigenvalue weighted by molar-refractivity contribution is 9.10. The van der Waals surface area contributed by atoms with Crippen LogP contribution in [0.2, 0.25) is 0 Å². The SMILES string of the molecule is Nc1nc(Nc2cc(F)cc(Br)c2)n[nH]1. The van der Waals surface area contributed by atoms with Gasteiger partial charge in [-0.05, 0) is 18.2 Å². The molecule has 0 aliphatic carbocycles. The zero-order valence-corrected chi connectivity index (χ0v) is 9.05. The standard InChI is InChI=1S/C8H7BrFN5/c9-4-1-5(10)3-6(2-4)12-8-13-7(11)14-15-8/h1-3H,(H4,11,12,13,14,15). The van der Waals surface area contributed by atoms with Gasteiger partial charge in [0.05, 0.1) is 0 Å². The molecule has 0 saturated carbocycles. The van der Waals surface area contributed by atoms with E-state index in [9.17, 15) is 4.39 Å². The highest BCUT2D eigenvalue weighted by Crippen LogP contribution is 2.20. The van der Waals surface area contributed by atoms with E-state index in [1.165, 1.54) is 12.1 Å². The number of hydrogen-bond donors (Lipinski definition) is 3. The van der Waals surface area contributed by atoms with E-state index in [-0.39, 0.29) is 11.8 Å². The molecule has 7 heteroatoms. The number of nitrogens with one attached hydrogen (secondary N) is 2. The number of anilines is 3. The maximum Gasteiger partial charge on any atom is 0.248 e. The van der Waals surface area contributed by atoms with E-state index >= 15 is 0 Å². The van der Waals surface area contributed by atoms with Crippen molar-refractivity contribution < 1.29 is 4.39 Å². The lowest BCUT2D eigenvalue weighted by molar-refractivity contribution is 0.627. The zero-order chi connectivity index (χ0) is 10.8. The Morgan fingerprint density at radius 2 is 2.20 bits per heavy atom. The van der Waals surface area contributed by atoms with E-state index in [4.69, 9.17) is 5.73 Å². The van der Waals surface area contributed by atoms with Gasteiger partial charge in [0, 0.05) is 10.2 Å². The summed E-state index contributed by atoms with van der Waals surface area (Å²) in [5, 5.41) is 9.03. The van der Waals surface area contributed by atoms with Crippen LogP contribution in [0.25, 0.3) is 0 Å². The van der Waals surface area contributed by atoms with E-state index < -0.39 is 0 Å². The summed E-state index contributed by atoms with van der Waals surface area (Å²) in [6.07, 6.45) is 0. The first-order chi connectivity index (χ1) is 7.13. The minimum absolute atomic E-state index is 0.202. The van der Waals surface area contributed by atoms with E-state index in [1.54, 1.807) is 6.07 Å². The third-order valence-corrected chi connectivity index (χ3v) is 2.08. The average molecular weight is 272 g/mol. The molecule has 0 saturated heterocycles. The Labute approximate surface area is 93.0 Å². The van der Waals surface area contributed by atoms with Crippen molar-refractivity contribution in [2.24, 2.45) is 0 Å². The average Bonchev–Trinajstić information content (AvgIpc) is 2.49. The molecule has 2 rings (SSSR count). The highest BCUT2D eigenvalue weighted by Gasteiger charge is 2.02. The molecular formula is C8H7BrFN5. The smallest absolute Gasteiger partial charge is 0.248 e. The normalized spacial score (nSPS) is 10.3. The lowest BCUT2D eigenvalue weighted by atomic mass is 10.3. The van der Waals surface area contributed by atoms with Crippen LogP contribution in [0, 0.1) is 5.82 Å². The minimum atomic E-state index is -0.351. The van der Waals surface area contributed by atoms with E-state index in [2.05, 4.69) is 36.4 Å². The number of nitrogens with zero attached hydrogens (tertiary/aromatic N) is 2. The molecule has 1 aromatic heterocycles. The van der Waals surface area contributed by atoms with Gasteiger partial charge in [0.1, 0.15) is 5.82 Å². The summed E-state index contributed by atoms with van der Waals surface area (Å²) in [5.41, 5.74) is 5.88. The molecule has 5 nitrogen and oxygen atoms in total. The zero-order valence-electron chi connectivity index (χ0n) is 7.46. The van der Waals surface area contributed by atoms with Crippen LogP contribution in [-0.2, 0) is 0 Å². The first-order valence-corrected chi connectivity index (χ1v) is 4.84. The van der Waals surface area contributed by atoms with E-state index in [0.717, 1.165) is 0 Å². The molecule has 4 N–H and O–H groups in total. The van der Waals surface area contributed by atoms with Gasteiger partial charge in [-0.1, -0.05) is 15.9 Å². The van der Waals surface area contributed by atoms with Gasteiger partial charge in [-0.2, -0.15) is 4.98 Å². The molecule has 0 unspecified atom stereocenters. The number of halogens is 2. The fourth-order valence-electron chi connectivity index (χ4n) is 1.09. The van der Waals surface area contributed by atoms with E-state index in [0.29, 0.717) is 16.1 Å².